The SMILES string of the molecule is CCCc1cncn1C1CCCc2cc(N)ccc21. The zero-order valence-corrected chi connectivity index (χ0v) is 11.5. The molecule has 1 heterocycles. The highest BCUT2D eigenvalue weighted by Gasteiger charge is 2.22. The topological polar surface area (TPSA) is 43.8 Å². The van der Waals surface area contributed by atoms with Gasteiger partial charge in [0, 0.05) is 17.6 Å². The molecule has 1 aromatic carbocycles. The Morgan fingerprint density at radius 1 is 1.42 bits per heavy atom. The molecule has 1 aliphatic carbocycles. The van der Waals surface area contributed by atoms with Crippen molar-refractivity contribution >= 4 is 5.69 Å². The molecule has 0 saturated carbocycles. The van der Waals surface area contributed by atoms with Crippen LogP contribution in [-0.2, 0) is 12.8 Å². The number of nitrogens with zero attached hydrogens (tertiary/aromatic N) is 2. The molecule has 1 unspecified atom stereocenters. The van der Waals surface area contributed by atoms with Crippen LogP contribution >= 0.6 is 0 Å². The molecule has 2 aromatic rings. The number of nitrogens with two attached hydrogens (primary N) is 1. The lowest BCUT2D eigenvalue weighted by Gasteiger charge is -2.28. The van der Waals surface area contributed by atoms with Crippen LogP contribution in [0.3, 0.4) is 0 Å². The fourth-order valence-electron chi connectivity index (χ4n) is 3.16. The summed E-state index contributed by atoms with van der Waals surface area (Å²) in [5.41, 5.74) is 11.0. The molecule has 3 nitrogen and oxygen atoms in total. The summed E-state index contributed by atoms with van der Waals surface area (Å²) in [7, 11) is 0. The summed E-state index contributed by atoms with van der Waals surface area (Å²) >= 11 is 0. The van der Waals surface area contributed by atoms with E-state index in [-0.39, 0.29) is 0 Å². The normalized spacial score (nSPS) is 18.3. The third kappa shape index (κ3) is 2.25. The molecule has 1 aromatic heterocycles. The lowest BCUT2D eigenvalue weighted by Crippen LogP contribution is -2.18. The second-order valence-corrected chi connectivity index (χ2v) is 5.41. The van der Waals surface area contributed by atoms with E-state index >= 15 is 0 Å². The number of fused-ring (bicyclic) bond motifs is 1. The Hall–Kier alpha value is -1.77. The predicted octanol–water partition coefficient (Wildman–Crippen LogP) is 3.34. The third-order valence-electron chi connectivity index (χ3n) is 4.04. The average Bonchev–Trinajstić information content (AvgIpc) is 2.86. The molecule has 0 fully saturated rings. The van der Waals surface area contributed by atoms with Crippen molar-refractivity contribution in [2.24, 2.45) is 0 Å². The molecule has 0 saturated heterocycles. The van der Waals surface area contributed by atoms with Gasteiger partial charge in [-0.3, -0.25) is 0 Å². The molecule has 0 bridgehead atoms. The summed E-state index contributed by atoms with van der Waals surface area (Å²) in [6.07, 6.45) is 9.83. The minimum Gasteiger partial charge on any atom is -0.399 e. The molecule has 3 heteroatoms. The minimum atomic E-state index is 0.438. The Bertz CT molecular complexity index is 571. The summed E-state index contributed by atoms with van der Waals surface area (Å²) in [6.45, 7) is 2.22. The summed E-state index contributed by atoms with van der Waals surface area (Å²) < 4.78 is 2.36. The number of imidazole rings is 1. The Kier molecular flexibility index (Phi) is 3.28. The quantitative estimate of drug-likeness (QED) is 0.855. The maximum atomic E-state index is 5.90. The smallest absolute Gasteiger partial charge is 0.0953 e. The van der Waals surface area contributed by atoms with E-state index < -0.39 is 0 Å². The molecule has 3 rings (SSSR count). The number of anilines is 1. The monoisotopic (exact) mass is 255 g/mol. The Morgan fingerprint density at radius 3 is 3.16 bits per heavy atom. The van der Waals surface area contributed by atoms with Crippen molar-refractivity contribution in [1.29, 1.82) is 0 Å². The van der Waals surface area contributed by atoms with Gasteiger partial charge in [0.1, 0.15) is 0 Å². The average molecular weight is 255 g/mol. The lowest BCUT2D eigenvalue weighted by atomic mass is 9.87. The van der Waals surface area contributed by atoms with E-state index in [2.05, 4.69) is 28.6 Å². The standard InChI is InChI=1S/C16H21N3/c1-2-4-14-10-18-11-19(14)16-6-3-5-12-9-13(17)7-8-15(12)16/h7-11,16H,2-6,17H2,1H3. The van der Waals surface area contributed by atoms with E-state index in [1.165, 1.54) is 29.7 Å². The Morgan fingerprint density at radius 2 is 2.32 bits per heavy atom. The first kappa shape index (κ1) is 12.3. The summed E-state index contributed by atoms with van der Waals surface area (Å²) in [6, 6.07) is 6.80. The Labute approximate surface area is 114 Å². The molecule has 2 N–H and O–H groups in total. The molecular weight excluding hydrogens is 234 g/mol. The number of hydrogen-bond acceptors (Lipinski definition) is 2. The van der Waals surface area contributed by atoms with Gasteiger partial charge in [-0.05, 0) is 48.9 Å². The van der Waals surface area contributed by atoms with E-state index in [1.807, 2.05) is 18.6 Å². The summed E-state index contributed by atoms with van der Waals surface area (Å²) in [5.74, 6) is 0. The van der Waals surface area contributed by atoms with Crippen LogP contribution in [0.2, 0.25) is 0 Å². The van der Waals surface area contributed by atoms with Crippen molar-refractivity contribution in [3.63, 3.8) is 0 Å². The number of rotatable bonds is 3. The van der Waals surface area contributed by atoms with Gasteiger partial charge in [-0.2, -0.15) is 0 Å². The largest absolute Gasteiger partial charge is 0.399 e. The van der Waals surface area contributed by atoms with Crippen LogP contribution in [0.4, 0.5) is 5.69 Å². The van der Waals surface area contributed by atoms with Gasteiger partial charge in [-0.25, -0.2) is 4.98 Å². The van der Waals surface area contributed by atoms with Crippen LogP contribution in [0.15, 0.2) is 30.7 Å². The maximum absolute atomic E-state index is 5.90. The molecule has 19 heavy (non-hydrogen) atoms. The van der Waals surface area contributed by atoms with E-state index in [4.69, 9.17) is 5.73 Å². The number of aryl methyl sites for hydroxylation is 2. The molecule has 0 spiro atoms. The van der Waals surface area contributed by atoms with Crippen molar-refractivity contribution in [1.82, 2.24) is 9.55 Å². The van der Waals surface area contributed by atoms with Crippen LogP contribution in [0.25, 0.3) is 0 Å². The van der Waals surface area contributed by atoms with Gasteiger partial charge >= 0.3 is 0 Å². The first-order valence-electron chi connectivity index (χ1n) is 7.18. The lowest BCUT2D eigenvalue weighted by molar-refractivity contribution is 0.476. The van der Waals surface area contributed by atoms with E-state index in [9.17, 15) is 0 Å². The fraction of sp³-hybridized carbons (Fsp3) is 0.438. The van der Waals surface area contributed by atoms with Crippen LogP contribution in [0.1, 0.15) is 49.0 Å². The van der Waals surface area contributed by atoms with Crippen LogP contribution < -0.4 is 5.73 Å². The van der Waals surface area contributed by atoms with Gasteiger partial charge in [-0.1, -0.05) is 19.4 Å². The second-order valence-electron chi connectivity index (χ2n) is 5.41. The molecule has 1 atom stereocenters. The first-order valence-corrected chi connectivity index (χ1v) is 7.18. The molecular formula is C16H21N3. The van der Waals surface area contributed by atoms with Crippen molar-refractivity contribution in [3.05, 3.63) is 47.5 Å². The Balaban J connectivity index is 2.01. The van der Waals surface area contributed by atoms with Crippen molar-refractivity contribution in [3.8, 4) is 0 Å². The highest BCUT2D eigenvalue weighted by Crippen LogP contribution is 2.34. The number of hydrogen-bond donors (Lipinski definition) is 1. The first-order chi connectivity index (χ1) is 9.29. The maximum Gasteiger partial charge on any atom is 0.0953 e. The van der Waals surface area contributed by atoms with Crippen molar-refractivity contribution < 1.29 is 0 Å². The van der Waals surface area contributed by atoms with Crippen LogP contribution in [-0.4, -0.2) is 9.55 Å². The summed E-state index contributed by atoms with van der Waals surface area (Å²) in [4.78, 5) is 4.34. The van der Waals surface area contributed by atoms with E-state index in [0.29, 0.717) is 6.04 Å². The van der Waals surface area contributed by atoms with Gasteiger partial charge in [0.2, 0.25) is 0 Å². The molecule has 100 valence electrons. The number of aromatic nitrogens is 2. The van der Waals surface area contributed by atoms with Gasteiger partial charge in [0.05, 0.1) is 12.4 Å². The molecule has 0 amide bonds. The van der Waals surface area contributed by atoms with Gasteiger partial charge in [0.15, 0.2) is 0 Å². The van der Waals surface area contributed by atoms with Crippen LogP contribution in [0.5, 0.6) is 0 Å². The highest BCUT2D eigenvalue weighted by atomic mass is 15.1. The third-order valence-corrected chi connectivity index (χ3v) is 4.04. The van der Waals surface area contributed by atoms with Crippen molar-refractivity contribution in [2.75, 3.05) is 5.73 Å². The second kappa shape index (κ2) is 5.08. The van der Waals surface area contributed by atoms with E-state index in [1.54, 1.807) is 0 Å². The summed E-state index contributed by atoms with van der Waals surface area (Å²) in [5, 5.41) is 0. The minimum absolute atomic E-state index is 0.438. The van der Waals surface area contributed by atoms with Gasteiger partial charge < -0.3 is 10.3 Å². The molecule has 1 aliphatic rings. The van der Waals surface area contributed by atoms with Crippen molar-refractivity contribution in [2.45, 2.75) is 45.1 Å². The zero-order chi connectivity index (χ0) is 13.2. The highest BCUT2D eigenvalue weighted by molar-refractivity contribution is 5.47. The number of benzene rings is 1. The van der Waals surface area contributed by atoms with E-state index in [0.717, 1.165) is 24.9 Å². The molecule has 0 aliphatic heterocycles. The van der Waals surface area contributed by atoms with Gasteiger partial charge in [-0.15, -0.1) is 0 Å². The zero-order valence-electron chi connectivity index (χ0n) is 11.5. The van der Waals surface area contributed by atoms with Gasteiger partial charge in [0.25, 0.3) is 0 Å². The fourth-order valence-corrected chi connectivity index (χ4v) is 3.16. The molecule has 0 radical (unpaired) electrons. The van der Waals surface area contributed by atoms with Crippen LogP contribution in [0, 0.1) is 0 Å². The number of nitrogen functional groups attached to an aromatic ring is 1. The predicted molar refractivity (Wildman–Crippen MR) is 78.2 cm³/mol.